The lowest BCUT2D eigenvalue weighted by atomic mass is 10.1. The van der Waals surface area contributed by atoms with Gasteiger partial charge in [0.25, 0.3) is 0 Å². The van der Waals surface area contributed by atoms with E-state index in [1.54, 1.807) is 0 Å². The van der Waals surface area contributed by atoms with Gasteiger partial charge in [-0.25, -0.2) is 0 Å². The predicted octanol–water partition coefficient (Wildman–Crippen LogP) is 3.47. The lowest BCUT2D eigenvalue weighted by Crippen LogP contribution is -2.26. The Morgan fingerprint density at radius 2 is 2.00 bits per heavy atom. The van der Waals surface area contributed by atoms with Gasteiger partial charge in [-0.3, -0.25) is 4.79 Å². The maximum atomic E-state index is 11.3. The number of carbonyl (C=O) groups is 1. The van der Waals surface area contributed by atoms with Crippen molar-refractivity contribution < 1.29 is 19.4 Å². The molecule has 0 aromatic heterocycles. The molecule has 0 bridgehead atoms. The van der Waals surface area contributed by atoms with Crippen LogP contribution in [0.1, 0.15) is 31.2 Å². The Morgan fingerprint density at radius 1 is 1.29 bits per heavy atom. The molecule has 2 rings (SSSR count). The largest absolute Gasteiger partial charge is 0.469 e. The van der Waals surface area contributed by atoms with Crippen molar-refractivity contribution in [1.82, 2.24) is 0 Å². The van der Waals surface area contributed by atoms with Crippen molar-refractivity contribution in [2.75, 3.05) is 18.6 Å². The Balaban J connectivity index is 1.88. The fourth-order valence-electron chi connectivity index (χ4n) is 2.57. The second-order valence-electron chi connectivity index (χ2n) is 5.85. The molecule has 4 nitrogen and oxygen atoms in total. The summed E-state index contributed by atoms with van der Waals surface area (Å²) in [7, 11) is 1.34. The van der Waals surface area contributed by atoms with Gasteiger partial charge in [0.2, 0.25) is 0 Å². The van der Waals surface area contributed by atoms with Crippen molar-refractivity contribution in [3.05, 3.63) is 35.9 Å². The van der Waals surface area contributed by atoms with Gasteiger partial charge >= 0.3 is 5.97 Å². The van der Waals surface area contributed by atoms with E-state index < -0.39 is 6.10 Å². The third kappa shape index (κ3) is 7.47. The van der Waals surface area contributed by atoms with Crippen LogP contribution in [0.5, 0.6) is 0 Å². The van der Waals surface area contributed by atoms with Crippen LogP contribution in [-0.2, 0) is 20.9 Å². The molecule has 0 radical (unpaired) electrons. The first-order valence-corrected chi connectivity index (χ1v) is 10.4. The summed E-state index contributed by atoms with van der Waals surface area (Å²) in [4.78, 5) is 11.3. The fraction of sp³-hybridized carbons (Fsp3) is 0.611. The standard InChI is InChI=1S/C18H26O4S2/c1-21-17(20)11-15(19)10-16(12-18-23-8-5-9-24-18)22-13-14-6-3-2-4-7-14/h2-4,6-7,15-16,18-19H,5,8-13H2,1H3/t15-,16-/m1/s1. The molecule has 1 aliphatic heterocycles. The SMILES string of the molecule is COC(=O)C[C@H](O)C[C@H](CC1SCCCS1)OCc1ccccc1. The van der Waals surface area contributed by atoms with Gasteiger partial charge in [0.1, 0.15) is 0 Å². The zero-order valence-corrected chi connectivity index (χ0v) is 15.7. The molecule has 1 aromatic rings. The summed E-state index contributed by atoms with van der Waals surface area (Å²) in [5.74, 6) is 1.99. The van der Waals surface area contributed by atoms with Gasteiger partial charge in [0, 0.05) is 6.42 Å². The van der Waals surface area contributed by atoms with Gasteiger partial charge in [-0.15, -0.1) is 23.5 Å². The van der Waals surface area contributed by atoms with Crippen LogP contribution in [0.15, 0.2) is 30.3 Å². The summed E-state index contributed by atoms with van der Waals surface area (Å²) in [5, 5.41) is 10.2. The second-order valence-corrected chi connectivity index (χ2v) is 8.77. The molecule has 0 amide bonds. The zero-order valence-electron chi connectivity index (χ0n) is 14.1. The van der Waals surface area contributed by atoms with Crippen LogP contribution in [0.3, 0.4) is 0 Å². The molecular formula is C18H26O4S2. The van der Waals surface area contributed by atoms with E-state index in [9.17, 15) is 9.90 Å². The van der Waals surface area contributed by atoms with E-state index in [1.807, 2.05) is 53.9 Å². The average molecular weight is 371 g/mol. The molecule has 24 heavy (non-hydrogen) atoms. The van der Waals surface area contributed by atoms with Crippen molar-refractivity contribution >= 4 is 29.5 Å². The van der Waals surface area contributed by atoms with Gasteiger partial charge in [-0.2, -0.15) is 0 Å². The summed E-state index contributed by atoms with van der Waals surface area (Å²) in [6.07, 6.45) is 1.84. The van der Waals surface area contributed by atoms with Crippen LogP contribution in [-0.4, -0.2) is 46.5 Å². The van der Waals surface area contributed by atoms with Crippen LogP contribution in [0.2, 0.25) is 0 Å². The van der Waals surface area contributed by atoms with E-state index in [0.717, 1.165) is 12.0 Å². The fourth-order valence-corrected chi connectivity index (χ4v) is 5.56. The molecule has 1 saturated heterocycles. The highest BCUT2D eigenvalue weighted by Crippen LogP contribution is 2.35. The molecule has 1 N–H and O–H groups in total. The summed E-state index contributed by atoms with van der Waals surface area (Å²) in [6.45, 7) is 0.526. The van der Waals surface area contributed by atoms with Crippen molar-refractivity contribution in [1.29, 1.82) is 0 Å². The van der Waals surface area contributed by atoms with Crippen LogP contribution < -0.4 is 0 Å². The molecule has 6 heteroatoms. The van der Waals surface area contributed by atoms with Crippen LogP contribution in [0, 0.1) is 0 Å². The highest BCUT2D eigenvalue weighted by molar-refractivity contribution is 8.17. The molecule has 1 aliphatic rings. The van der Waals surface area contributed by atoms with Crippen LogP contribution >= 0.6 is 23.5 Å². The monoisotopic (exact) mass is 370 g/mol. The lowest BCUT2D eigenvalue weighted by molar-refractivity contribution is -0.143. The van der Waals surface area contributed by atoms with Gasteiger partial charge in [-0.1, -0.05) is 30.3 Å². The maximum absolute atomic E-state index is 11.3. The minimum absolute atomic E-state index is 0.0205. The highest BCUT2D eigenvalue weighted by Gasteiger charge is 2.24. The van der Waals surface area contributed by atoms with E-state index in [1.165, 1.54) is 25.0 Å². The van der Waals surface area contributed by atoms with Gasteiger partial charge in [0.15, 0.2) is 0 Å². The molecular weight excluding hydrogens is 344 g/mol. The van der Waals surface area contributed by atoms with E-state index in [-0.39, 0.29) is 18.5 Å². The molecule has 1 aromatic carbocycles. The normalized spacial score (nSPS) is 18.1. The van der Waals surface area contributed by atoms with Crippen molar-refractivity contribution in [2.24, 2.45) is 0 Å². The summed E-state index contributed by atoms with van der Waals surface area (Å²) < 4.78 is 11.2. The Bertz CT molecular complexity index is 477. The first kappa shape index (κ1) is 19.6. The Kier molecular flexibility index (Phi) is 9.02. The number of hydrogen-bond acceptors (Lipinski definition) is 6. The number of aliphatic hydroxyl groups excluding tert-OH is 1. The molecule has 0 aliphatic carbocycles. The first-order chi connectivity index (χ1) is 11.7. The van der Waals surface area contributed by atoms with Gasteiger partial charge in [0.05, 0.1) is 36.9 Å². The topological polar surface area (TPSA) is 55.8 Å². The van der Waals surface area contributed by atoms with Crippen molar-refractivity contribution in [2.45, 2.75) is 49.1 Å². The van der Waals surface area contributed by atoms with Crippen molar-refractivity contribution in [3.63, 3.8) is 0 Å². The molecule has 0 saturated carbocycles. The molecule has 2 atom stereocenters. The van der Waals surface area contributed by atoms with Crippen LogP contribution in [0.4, 0.5) is 0 Å². The van der Waals surface area contributed by atoms with E-state index in [4.69, 9.17) is 4.74 Å². The molecule has 0 spiro atoms. The predicted molar refractivity (Wildman–Crippen MR) is 100 cm³/mol. The highest BCUT2D eigenvalue weighted by atomic mass is 32.2. The van der Waals surface area contributed by atoms with Crippen molar-refractivity contribution in [3.8, 4) is 0 Å². The number of rotatable bonds is 9. The quantitative estimate of drug-likeness (QED) is 0.672. The lowest BCUT2D eigenvalue weighted by Gasteiger charge is -2.27. The average Bonchev–Trinajstić information content (AvgIpc) is 2.61. The Labute approximate surface area is 152 Å². The number of methoxy groups -OCH3 is 1. The minimum Gasteiger partial charge on any atom is -0.469 e. The number of esters is 1. The van der Waals surface area contributed by atoms with E-state index in [0.29, 0.717) is 17.6 Å². The number of aliphatic hydroxyl groups is 1. The summed E-state index contributed by atoms with van der Waals surface area (Å²) >= 11 is 3.94. The van der Waals surface area contributed by atoms with Gasteiger partial charge in [-0.05, 0) is 29.9 Å². The Morgan fingerprint density at radius 3 is 2.67 bits per heavy atom. The molecule has 134 valence electrons. The van der Waals surface area contributed by atoms with Gasteiger partial charge < -0.3 is 14.6 Å². The van der Waals surface area contributed by atoms with E-state index >= 15 is 0 Å². The second kappa shape index (κ2) is 11.0. The minimum atomic E-state index is -0.725. The smallest absolute Gasteiger partial charge is 0.308 e. The number of carbonyl (C=O) groups excluding carboxylic acids is 1. The number of thioether (sulfide) groups is 2. The first-order valence-electron chi connectivity index (χ1n) is 8.31. The number of hydrogen-bond donors (Lipinski definition) is 1. The summed E-state index contributed by atoms with van der Waals surface area (Å²) in [6, 6.07) is 10.0. The number of benzene rings is 1. The molecule has 1 fully saturated rings. The third-order valence-corrected chi connectivity index (χ3v) is 6.84. The zero-order chi connectivity index (χ0) is 17.2. The van der Waals surface area contributed by atoms with E-state index in [2.05, 4.69) is 4.74 Å². The third-order valence-electron chi connectivity index (χ3n) is 3.84. The molecule has 0 unspecified atom stereocenters. The number of ether oxygens (including phenoxy) is 2. The van der Waals surface area contributed by atoms with Crippen LogP contribution in [0.25, 0.3) is 0 Å². The maximum Gasteiger partial charge on any atom is 0.308 e. The Hall–Kier alpha value is -0.690. The molecule has 1 heterocycles. The summed E-state index contributed by atoms with van der Waals surface area (Å²) in [5.41, 5.74) is 1.12.